The van der Waals surface area contributed by atoms with Crippen molar-refractivity contribution in [3.05, 3.63) is 60.6 Å². The van der Waals surface area contributed by atoms with Crippen LogP contribution in [0.1, 0.15) is 44.0 Å². The molecule has 5 rings (SSSR count). The number of aromatic nitrogens is 2. The SMILES string of the molecule is COCC[C@H](NC(=O)OC)C(=O)N1CC[C@@H](C(=O)Nc2ccc(-c3ccc(-c4cnc([C@@H]5CCCN5C(=O)[C@@H](CCOC)NC(=O)OC)[nH]4)cc3)cc2)C1. The monoisotopic (exact) mass is 747 g/mol. The van der Waals surface area contributed by atoms with Crippen LogP contribution in [-0.2, 0) is 33.3 Å². The number of alkyl carbamates (subject to hydrolysis) is 2. The number of nitrogens with zero attached hydrogens (tertiary/aromatic N) is 3. The number of benzene rings is 2. The van der Waals surface area contributed by atoms with Crippen molar-refractivity contribution in [2.24, 2.45) is 5.92 Å². The van der Waals surface area contributed by atoms with E-state index in [1.54, 1.807) is 23.1 Å². The van der Waals surface area contributed by atoms with Gasteiger partial charge in [-0.3, -0.25) is 14.4 Å². The van der Waals surface area contributed by atoms with Crippen molar-refractivity contribution in [1.82, 2.24) is 30.4 Å². The topological polar surface area (TPSA) is 194 Å². The molecule has 4 N–H and O–H groups in total. The zero-order chi connectivity index (χ0) is 38.6. The lowest BCUT2D eigenvalue weighted by molar-refractivity contribution is -0.135. The lowest BCUT2D eigenvalue weighted by Gasteiger charge is -2.28. The number of carbonyl (C=O) groups excluding carboxylic acids is 5. The molecule has 4 atom stereocenters. The second kappa shape index (κ2) is 19.0. The molecule has 54 heavy (non-hydrogen) atoms. The third kappa shape index (κ3) is 9.93. The van der Waals surface area contributed by atoms with Crippen LogP contribution in [0.4, 0.5) is 15.3 Å². The van der Waals surface area contributed by atoms with Gasteiger partial charge in [-0.15, -0.1) is 0 Å². The van der Waals surface area contributed by atoms with Crippen molar-refractivity contribution < 1.29 is 42.9 Å². The van der Waals surface area contributed by atoms with Crippen LogP contribution in [0.15, 0.2) is 54.7 Å². The molecule has 2 aliphatic heterocycles. The number of hydrogen-bond acceptors (Lipinski definition) is 10. The number of carbonyl (C=O) groups is 5. The first kappa shape index (κ1) is 39.7. The summed E-state index contributed by atoms with van der Waals surface area (Å²) in [5, 5.41) is 8.16. The third-order valence-corrected chi connectivity index (χ3v) is 9.77. The number of anilines is 1. The average molecular weight is 748 g/mol. The van der Waals surface area contributed by atoms with Crippen molar-refractivity contribution >= 4 is 35.6 Å². The van der Waals surface area contributed by atoms with Crippen molar-refractivity contribution in [2.45, 2.75) is 50.2 Å². The molecule has 0 radical (unpaired) electrons. The summed E-state index contributed by atoms with van der Waals surface area (Å²) in [6.07, 6.45) is 3.06. The van der Waals surface area contributed by atoms with Gasteiger partial charge >= 0.3 is 12.2 Å². The smallest absolute Gasteiger partial charge is 0.407 e. The van der Waals surface area contributed by atoms with Gasteiger partial charge in [0.25, 0.3) is 0 Å². The molecule has 290 valence electrons. The maximum Gasteiger partial charge on any atom is 0.407 e. The fourth-order valence-electron chi connectivity index (χ4n) is 6.78. The van der Waals surface area contributed by atoms with Crippen LogP contribution in [0.5, 0.6) is 0 Å². The van der Waals surface area contributed by atoms with Gasteiger partial charge in [0.2, 0.25) is 17.7 Å². The summed E-state index contributed by atoms with van der Waals surface area (Å²) in [6, 6.07) is 13.7. The van der Waals surface area contributed by atoms with Gasteiger partial charge < -0.3 is 49.7 Å². The van der Waals surface area contributed by atoms with Gasteiger partial charge in [0.05, 0.1) is 38.1 Å². The predicted octanol–water partition coefficient (Wildman–Crippen LogP) is 3.72. The van der Waals surface area contributed by atoms with E-state index in [1.807, 2.05) is 48.5 Å². The van der Waals surface area contributed by atoms with Gasteiger partial charge in [0, 0.05) is 65.6 Å². The van der Waals surface area contributed by atoms with Crippen molar-refractivity contribution in [3.8, 4) is 22.4 Å². The molecule has 0 unspecified atom stereocenters. The minimum Gasteiger partial charge on any atom is -0.453 e. The summed E-state index contributed by atoms with van der Waals surface area (Å²) in [6.45, 7) is 1.80. The minimum atomic E-state index is -0.804. The maximum absolute atomic E-state index is 13.5. The number of imidazole rings is 1. The Labute approximate surface area is 314 Å². The highest BCUT2D eigenvalue weighted by Gasteiger charge is 2.37. The van der Waals surface area contributed by atoms with Crippen LogP contribution in [0.25, 0.3) is 22.4 Å². The molecular weight excluding hydrogens is 698 g/mol. The molecular formula is C38H49N7O9. The first-order chi connectivity index (χ1) is 26.1. The molecule has 5 amide bonds. The minimum absolute atomic E-state index is 0.176. The average Bonchev–Trinajstić information content (AvgIpc) is 3.99. The van der Waals surface area contributed by atoms with Crippen LogP contribution in [-0.4, -0.2) is 123 Å². The molecule has 3 heterocycles. The normalized spacial score (nSPS) is 17.8. The number of likely N-dealkylation sites (tertiary alicyclic amines) is 2. The van der Waals surface area contributed by atoms with E-state index >= 15 is 0 Å². The van der Waals surface area contributed by atoms with E-state index in [1.165, 1.54) is 21.3 Å². The van der Waals surface area contributed by atoms with E-state index < -0.39 is 24.3 Å². The first-order valence-electron chi connectivity index (χ1n) is 18.0. The highest BCUT2D eigenvalue weighted by atomic mass is 16.5. The highest BCUT2D eigenvalue weighted by Crippen LogP contribution is 2.33. The fourth-order valence-corrected chi connectivity index (χ4v) is 6.78. The van der Waals surface area contributed by atoms with Crippen LogP contribution >= 0.6 is 0 Å². The standard InChI is InChI=1S/C38H49N7O9/c1-51-20-16-29(42-37(49)53-3)35(47)44-19-15-27(23-44)34(46)40-28-13-11-25(12-14-28)24-7-9-26(10-8-24)31-22-39-33(41-31)32-6-5-18-45(32)36(48)30(17-21-52-2)43-38(50)54-4/h7-14,22,27,29-30,32H,5-6,15-21,23H2,1-4H3,(H,39,41)(H,40,46)(H,42,49)(H,43,50)/t27-,29+,30-,32+/m1/s1. The molecule has 0 saturated carbocycles. The Morgan fingerprint density at radius 3 is 1.94 bits per heavy atom. The maximum atomic E-state index is 13.5. The quantitative estimate of drug-likeness (QED) is 0.178. The zero-order valence-electron chi connectivity index (χ0n) is 31.1. The summed E-state index contributed by atoms with van der Waals surface area (Å²) in [5.41, 5.74) is 4.34. The highest BCUT2D eigenvalue weighted by molar-refractivity contribution is 5.94. The van der Waals surface area contributed by atoms with Crippen LogP contribution in [0.3, 0.4) is 0 Å². The van der Waals surface area contributed by atoms with E-state index in [2.05, 4.69) is 30.7 Å². The lowest BCUT2D eigenvalue weighted by atomic mass is 10.0. The number of amides is 5. The largest absolute Gasteiger partial charge is 0.453 e. The molecule has 0 aliphatic carbocycles. The number of aromatic amines is 1. The second-order valence-electron chi connectivity index (χ2n) is 13.2. The van der Waals surface area contributed by atoms with Gasteiger partial charge in [-0.2, -0.15) is 0 Å². The number of hydrogen-bond donors (Lipinski definition) is 4. The molecule has 2 fully saturated rings. The molecule has 1 aromatic heterocycles. The number of ether oxygens (including phenoxy) is 4. The Morgan fingerprint density at radius 1 is 0.778 bits per heavy atom. The van der Waals surface area contributed by atoms with E-state index in [4.69, 9.17) is 14.2 Å². The van der Waals surface area contributed by atoms with Crippen molar-refractivity contribution in [1.29, 1.82) is 0 Å². The van der Waals surface area contributed by atoms with Crippen molar-refractivity contribution in [3.63, 3.8) is 0 Å². The number of nitrogens with one attached hydrogen (secondary N) is 4. The fraction of sp³-hybridized carbons (Fsp3) is 0.474. The van der Waals surface area contributed by atoms with E-state index in [-0.39, 0.29) is 49.3 Å². The van der Waals surface area contributed by atoms with E-state index in [0.29, 0.717) is 44.0 Å². The van der Waals surface area contributed by atoms with Gasteiger partial charge in [-0.05, 0) is 48.1 Å². The summed E-state index contributed by atoms with van der Waals surface area (Å²) < 4.78 is 19.6. The summed E-state index contributed by atoms with van der Waals surface area (Å²) in [7, 11) is 5.56. The lowest BCUT2D eigenvalue weighted by Crippen LogP contribution is -2.49. The Kier molecular flexibility index (Phi) is 14.0. The van der Waals surface area contributed by atoms with Crippen LogP contribution in [0, 0.1) is 5.92 Å². The number of H-pyrrole nitrogens is 1. The number of methoxy groups -OCH3 is 4. The summed E-state index contributed by atoms with van der Waals surface area (Å²) in [4.78, 5) is 74.8. The van der Waals surface area contributed by atoms with Gasteiger partial charge in [0.1, 0.15) is 17.9 Å². The Morgan fingerprint density at radius 2 is 1.35 bits per heavy atom. The summed E-state index contributed by atoms with van der Waals surface area (Å²) in [5.74, 6) is -0.362. The van der Waals surface area contributed by atoms with Gasteiger partial charge in [-0.1, -0.05) is 36.4 Å². The Hall–Kier alpha value is -5.48. The van der Waals surface area contributed by atoms with E-state index in [0.717, 1.165) is 35.2 Å². The molecule has 16 nitrogen and oxygen atoms in total. The number of rotatable bonds is 15. The first-order valence-corrected chi connectivity index (χ1v) is 18.0. The van der Waals surface area contributed by atoms with Crippen molar-refractivity contribution in [2.75, 3.05) is 66.6 Å². The molecule has 2 aliphatic rings. The zero-order valence-corrected chi connectivity index (χ0v) is 31.1. The molecule has 0 bridgehead atoms. The van der Waals surface area contributed by atoms with Gasteiger partial charge in [0.15, 0.2) is 0 Å². The van der Waals surface area contributed by atoms with Crippen LogP contribution in [0.2, 0.25) is 0 Å². The Balaban J connectivity index is 1.16. The molecule has 16 heteroatoms. The molecule has 0 spiro atoms. The molecule has 3 aromatic rings. The Bertz CT molecular complexity index is 1750. The summed E-state index contributed by atoms with van der Waals surface area (Å²) >= 11 is 0. The second-order valence-corrected chi connectivity index (χ2v) is 13.2. The molecule has 2 saturated heterocycles. The van der Waals surface area contributed by atoms with E-state index in [9.17, 15) is 24.0 Å². The molecule has 2 aromatic carbocycles. The predicted molar refractivity (Wildman–Crippen MR) is 198 cm³/mol. The van der Waals surface area contributed by atoms with Crippen LogP contribution < -0.4 is 16.0 Å². The third-order valence-electron chi connectivity index (χ3n) is 9.77. The van der Waals surface area contributed by atoms with Gasteiger partial charge in [-0.25, -0.2) is 14.6 Å².